The Balaban J connectivity index is 3.28. The van der Waals surface area contributed by atoms with Gasteiger partial charge in [-0.2, -0.15) is 0 Å². The molecule has 0 aliphatic rings. The lowest BCUT2D eigenvalue weighted by atomic mass is 10.0. The molecule has 1 rings (SSSR count). The van der Waals surface area contributed by atoms with Crippen molar-refractivity contribution >= 4 is 11.9 Å². The zero-order valence-electron chi connectivity index (χ0n) is 7.47. The van der Waals surface area contributed by atoms with Crippen molar-refractivity contribution in [3.05, 3.63) is 23.3 Å². The van der Waals surface area contributed by atoms with Gasteiger partial charge in [-0.1, -0.05) is 0 Å². The van der Waals surface area contributed by atoms with Crippen LogP contribution in [-0.2, 0) is 11.2 Å². The summed E-state index contributed by atoms with van der Waals surface area (Å²) in [4.78, 5) is 21.1. The first-order valence-corrected chi connectivity index (χ1v) is 3.91. The summed E-state index contributed by atoms with van der Waals surface area (Å²) in [7, 11) is 0. The lowest BCUT2D eigenvalue weighted by Gasteiger charge is -2.05. The second-order valence-electron chi connectivity index (χ2n) is 2.87. The summed E-state index contributed by atoms with van der Waals surface area (Å²) in [6, 6.07) is 1.74. The lowest BCUT2D eigenvalue weighted by molar-refractivity contribution is -0.136. The molecule has 0 saturated carbocycles. The topological polar surface area (TPSA) is 115 Å². The molecule has 0 atom stereocenters. The molecule has 6 nitrogen and oxygen atoms in total. The molecule has 0 heterocycles. The van der Waals surface area contributed by atoms with Gasteiger partial charge in [-0.25, -0.2) is 4.79 Å². The molecule has 0 unspecified atom stereocenters. The minimum atomic E-state index is -1.36. The summed E-state index contributed by atoms with van der Waals surface area (Å²) in [6.07, 6.45) is -0.532. The third-order valence-corrected chi connectivity index (χ3v) is 1.77. The maximum Gasteiger partial charge on any atom is 0.336 e. The smallest absolute Gasteiger partial charge is 0.336 e. The van der Waals surface area contributed by atoms with Crippen molar-refractivity contribution < 1.29 is 30.0 Å². The van der Waals surface area contributed by atoms with E-state index in [4.69, 9.17) is 20.4 Å². The summed E-state index contributed by atoms with van der Waals surface area (Å²) in [5, 5.41) is 35.3. The van der Waals surface area contributed by atoms with Gasteiger partial charge in [0.1, 0.15) is 0 Å². The van der Waals surface area contributed by atoms with Crippen molar-refractivity contribution in [3.8, 4) is 11.5 Å². The van der Waals surface area contributed by atoms with Gasteiger partial charge in [0.2, 0.25) is 0 Å². The van der Waals surface area contributed by atoms with Gasteiger partial charge in [0.25, 0.3) is 0 Å². The highest BCUT2D eigenvalue weighted by atomic mass is 16.4. The van der Waals surface area contributed by atoms with Crippen molar-refractivity contribution in [1.29, 1.82) is 0 Å². The Morgan fingerprint density at radius 1 is 1.07 bits per heavy atom. The number of hydrogen-bond donors (Lipinski definition) is 4. The number of carboxylic acid groups (broad SMARTS) is 2. The number of aromatic carboxylic acids is 1. The van der Waals surface area contributed by atoms with Crippen LogP contribution >= 0.6 is 0 Å². The van der Waals surface area contributed by atoms with E-state index in [1.54, 1.807) is 0 Å². The number of rotatable bonds is 3. The van der Waals surface area contributed by atoms with Crippen LogP contribution in [0.1, 0.15) is 15.9 Å². The van der Waals surface area contributed by atoms with Crippen LogP contribution in [0, 0.1) is 0 Å². The first-order chi connectivity index (χ1) is 6.91. The van der Waals surface area contributed by atoms with Crippen LogP contribution in [0.3, 0.4) is 0 Å². The molecule has 0 spiro atoms. The number of aromatic hydroxyl groups is 2. The fourth-order valence-electron chi connectivity index (χ4n) is 1.13. The van der Waals surface area contributed by atoms with Crippen LogP contribution in [0.5, 0.6) is 11.5 Å². The summed E-state index contributed by atoms with van der Waals surface area (Å²) in [6.45, 7) is 0. The molecule has 15 heavy (non-hydrogen) atoms. The molecule has 0 aromatic heterocycles. The Hall–Kier alpha value is -2.24. The van der Waals surface area contributed by atoms with Gasteiger partial charge in [0.05, 0.1) is 12.0 Å². The van der Waals surface area contributed by atoms with Gasteiger partial charge in [0.15, 0.2) is 11.5 Å². The molecule has 0 bridgehead atoms. The van der Waals surface area contributed by atoms with E-state index >= 15 is 0 Å². The summed E-state index contributed by atoms with van der Waals surface area (Å²) in [5.41, 5.74) is -0.405. The molecule has 0 fully saturated rings. The van der Waals surface area contributed by atoms with Crippen LogP contribution in [0.4, 0.5) is 0 Å². The highest BCUT2D eigenvalue weighted by molar-refractivity contribution is 5.91. The van der Waals surface area contributed by atoms with Crippen LogP contribution in [0.15, 0.2) is 12.1 Å². The van der Waals surface area contributed by atoms with E-state index < -0.39 is 29.9 Å². The molecule has 6 heteroatoms. The van der Waals surface area contributed by atoms with Crippen molar-refractivity contribution in [2.24, 2.45) is 0 Å². The number of hydrogen-bond acceptors (Lipinski definition) is 4. The van der Waals surface area contributed by atoms with Crippen LogP contribution in [0.2, 0.25) is 0 Å². The number of carboxylic acids is 2. The Kier molecular flexibility index (Phi) is 2.80. The van der Waals surface area contributed by atoms with Crippen molar-refractivity contribution in [1.82, 2.24) is 0 Å². The second kappa shape index (κ2) is 3.87. The SMILES string of the molecule is O=C(O)Cc1cc(O)c(O)cc1C(=O)O. The van der Waals surface area contributed by atoms with E-state index in [0.29, 0.717) is 0 Å². The van der Waals surface area contributed by atoms with Gasteiger partial charge in [-0.05, 0) is 17.7 Å². The fourth-order valence-corrected chi connectivity index (χ4v) is 1.13. The molecular weight excluding hydrogens is 204 g/mol. The zero-order valence-corrected chi connectivity index (χ0v) is 7.47. The summed E-state index contributed by atoms with van der Waals surface area (Å²) < 4.78 is 0. The van der Waals surface area contributed by atoms with Crippen LogP contribution in [-0.4, -0.2) is 32.4 Å². The molecule has 4 N–H and O–H groups in total. The Bertz CT molecular complexity index is 423. The predicted molar refractivity (Wildman–Crippen MR) is 48.1 cm³/mol. The monoisotopic (exact) mass is 212 g/mol. The highest BCUT2D eigenvalue weighted by Crippen LogP contribution is 2.28. The van der Waals surface area contributed by atoms with Crippen molar-refractivity contribution in [3.63, 3.8) is 0 Å². The number of carbonyl (C=O) groups is 2. The van der Waals surface area contributed by atoms with Crippen LogP contribution < -0.4 is 0 Å². The molecule has 1 aromatic rings. The first-order valence-electron chi connectivity index (χ1n) is 3.91. The maximum absolute atomic E-state index is 10.7. The Labute approximate surface area is 84.0 Å². The molecule has 0 amide bonds. The predicted octanol–water partition coefficient (Wildman–Crippen LogP) is 0.423. The van der Waals surface area contributed by atoms with Crippen LogP contribution in [0.25, 0.3) is 0 Å². The van der Waals surface area contributed by atoms with E-state index in [1.807, 2.05) is 0 Å². The molecule has 0 aliphatic carbocycles. The largest absolute Gasteiger partial charge is 0.504 e. The normalized spacial score (nSPS) is 9.87. The fraction of sp³-hybridized carbons (Fsp3) is 0.111. The quantitative estimate of drug-likeness (QED) is 0.540. The number of benzene rings is 1. The highest BCUT2D eigenvalue weighted by Gasteiger charge is 2.16. The molecule has 1 aromatic carbocycles. The minimum absolute atomic E-state index is 0.0645. The summed E-state index contributed by atoms with van der Waals surface area (Å²) >= 11 is 0. The third-order valence-electron chi connectivity index (χ3n) is 1.77. The first kappa shape index (κ1) is 10.8. The van der Waals surface area contributed by atoms with Gasteiger partial charge >= 0.3 is 11.9 Å². The van der Waals surface area contributed by atoms with Gasteiger partial charge < -0.3 is 20.4 Å². The average Bonchev–Trinajstić information content (AvgIpc) is 2.09. The Morgan fingerprint density at radius 3 is 2.07 bits per heavy atom. The zero-order chi connectivity index (χ0) is 11.6. The number of phenolic OH excluding ortho intramolecular Hbond substituents is 2. The molecular formula is C9H8O6. The second-order valence-corrected chi connectivity index (χ2v) is 2.87. The van der Waals surface area contributed by atoms with E-state index in [0.717, 1.165) is 12.1 Å². The molecule has 80 valence electrons. The average molecular weight is 212 g/mol. The minimum Gasteiger partial charge on any atom is -0.504 e. The van der Waals surface area contributed by atoms with Gasteiger partial charge in [-0.15, -0.1) is 0 Å². The van der Waals surface area contributed by atoms with Crippen molar-refractivity contribution in [2.75, 3.05) is 0 Å². The van der Waals surface area contributed by atoms with E-state index in [1.165, 1.54) is 0 Å². The standard InChI is InChI=1S/C9H8O6/c10-6-1-4(2-8(12)13)5(9(14)15)3-7(6)11/h1,3,10-11H,2H2,(H,12,13)(H,14,15). The third kappa shape index (κ3) is 2.37. The summed E-state index contributed by atoms with van der Waals surface area (Å²) in [5.74, 6) is -3.72. The van der Waals surface area contributed by atoms with Crippen molar-refractivity contribution in [2.45, 2.75) is 6.42 Å². The maximum atomic E-state index is 10.7. The molecule has 0 saturated heterocycles. The van der Waals surface area contributed by atoms with E-state index in [-0.39, 0.29) is 11.1 Å². The Morgan fingerprint density at radius 2 is 1.60 bits per heavy atom. The number of phenols is 2. The van der Waals surface area contributed by atoms with Gasteiger partial charge in [0, 0.05) is 0 Å². The van der Waals surface area contributed by atoms with Gasteiger partial charge in [-0.3, -0.25) is 4.79 Å². The lowest BCUT2D eigenvalue weighted by Crippen LogP contribution is -2.07. The molecule has 0 aliphatic heterocycles. The molecule has 0 radical (unpaired) electrons. The number of aliphatic carboxylic acids is 1. The van der Waals surface area contributed by atoms with E-state index in [9.17, 15) is 9.59 Å². The van der Waals surface area contributed by atoms with E-state index in [2.05, 4.69) is 0 Å².